The van der Waals surface area contributed by atoms with Gasteiger partial charge in [-0.2, -0.15) is 4.37 Å². The van der Waals surface area contributed by atoms with Crippen LogP contribution in [0.25, 0.3) is 0 Å². The maximum atomic E-state index is 5.47. The van der Waals surface area contributed by atoms with Gasteiger partial charge >= 0.3 is 0 Å². The van der Waals surface area contributed by atoms with Crippen LogP contribution in [0.4, 0.5) is 5.13 Å². The fourth-order valence-corrected chi connectivity index (χ4v) is 4.15. The molecule has 1 aromatic heterocycles. The SMILES string of the molecule is CCc1nsc(N2CCN(C(=NC)NCCc3cc(OC)ccc3OC)CC2)n1.I. The van der Waals surface area contributed by atoms with E-state index >= 15 is 0 Å². The molecule has 2 aromatic rings. The average Bonchev–Trinajstić information content (AvgIpc) is 3.26. The highest BCUT2D eigenvalue weighted by Gasteiger charge is 2.22. The van der Waals surface area contributed by atoms with Crippen LogP contribution >= 0.6 is 35.5 Å². The second-order valence-corrected chi connectivity index (χ2v) is 7.45. The number of guanidine groups is 1. The van der Waals surface area contributed by atoms with Gasteiger partial charge in [0.2, 0.25) is 5.13 Å². The normalized spacial score (nSPS) is 14.3. The zero-order valence-electron chi connectivity index (χ0n) is 18.1. The highest BCUT2D eigenvalue weighted by Crippen LogP contribution is 2.24. The van der Waals surface area contributed by atoms with Crippen molar-refractivity contribution in [2.24, 2.45) is 4.99 Å². The maximum absolute atomic E-state index is 5.47. The minimum Gasteiger partial charge on any atom is -0.497 e. The number of rotatable bonds is 7. The number of piperazine rings is 1. The van der Waals surface area contributed by atoms with Crippen molar-refractivity contribution in [3.05, 3.63) is 29.6 Å². The van der Waals surface area contributed by atoms with Gasteiger partial charge in [0, 0.05) is 57.7 Å². The van der Waals surface area contributed by atoms with Crippen LogP contribution < -0.4 is 19.7 Å². The first-order chi connectivity index (χ1) is 14.2. The quantitative estimate of drug-likeness (QED) is 0.325. The molecule has 0 saturated carbocycles. The van der Waals surface area contributed by atoms with Crippen LogP contribution in [0.3, 0.4) is 0 Å². The van der Waals surface area contributed by atoms with Gasteiger partial charge < -0.3 is 24.6 Å². The van der Waals surface area contributed by atoms with Crippen LogP contribution in [0.1, 0.15) is 18.3 Å². The van der Waals surface area contributed by atoms with Gasteiger partial charge in [-0.15, -0.1) is 24.0 Å². The molecule has 0 spiro atoms. The summed E-state index contributed by atoms with van der Waals surface area (Å²) in [7, 11) is 5.20. The number of benzene rings is 1. The van der Waals surface area contributed by atoms with E-state index in [1.807, 2.05) is 25.2 Å². The first-order valence-corrected chi connectivity index (χ1v) is 10.7. The molecule has 1 aliphatic rings. The lowest BCUT2D eigenvalue weighted by Crippen LogP contribution is -2.52. The molecule has 3 rings (SSSR count). The molecule has 1 aromatic carbocycles. The first-order valence-electron chi connectivity index (χ1n) is 9.92. The lowest BCUT2D eigenvalue weighted by atomic mass is 10.1. The maximum Gasteiger partial charge on any atom is 0.205 e. The standard InChI is InChI=1S/C20H30N6O2S.HI/c1-5-18-23-20(29-24-18)26-12-10-25(11-13-26)19(21-2)22-9-8-15-14-16(27-3)6-7-17(15)28-4;/h6-7,14H,5,8-13H2,1-4H3,(H,21,22);1H. The summed E-state index contributed by atoms with van der Waals surface area (Å²) in [5.74, 6) is 3.57. The van der Waals surface area contributed by atoms with Gasteiger partial charge in [0.25, 0.3) is 0 Å². The van der Waals surface area contributed by atoms with Gasteiger partial charge in [0.05, 0.1) is 14.2 Å². The van der Waals surface area contributed by atoms with Crippen LogP contribution in [0.15, 0.2) is 23.2 Å². The molecule has 0 aliphatic carbocycles. The highest BCUT2D eigenvalue weighted by molar-refractivity contribution is 14.0. The molecule has 0 amide bonds. The van der Waals surface area contributed by atoms with Gasteiger partial charge in [-0.25, -0.2) is 4.98 Å². The predicted molar refractivity (Wildman–Crippen MR) is 133 cm³/mol. The largest absolute Gasteiger partial charge is 0.497 e. The summed E-state index contributed by atoms with van der Waals surface area (Å²) in [5, 5.41) is 4.50. The second kappa shape index (κ2) is 12.1. The Hall–Kier alpha value is -1.82. The Kier molecular flexibility index (Phi) is 9.89. The van der Waals surface area contributed by atoms with E-state index in [4.69, 9.17) is 9.47 Å². The number of methoxy groups -OCH3 is 2. The topological polar surface area (TPSA) is 75.1 Å². The Morgan fingerprint density at radius 1 is 1.20 bits per heavy atom. The number of ether oxygens (including phenoxy) is 2. The van der Waals surface area contributed by atoms with Crippen molar-refractivity contribution < 1.29 is 9.47 Å². The number of nitrogens with zero attached hydrogens (tertiary/aromatic N) is 5. The third kappa shape index (κ3) is 6.10. The Balaban J connectivity index is 0.00000320. The number of aryl methyl sites for hydroxylation is 1. The molecule has 30 heavy (non-hydrogen) atoms. The molecular weight excluding hydrogens is 515 g/mol. The predicted octanol–water partition coefficient (Wildman–Crippen LogP) is 2.68. The van der Waals surface area contributed by atoms with Crippen LogP contribution in [-0.2, 0) is 12.8 Å². The Labute approximate surface area is 199 Å². The number of aliphatic imine (C=N–C) groups is 1. The third-order valence-electron chi connectivity index (χ3n) is 5.00. The van der Waals surface area contributed by atoms with Gasteiger partial charge in [-0.05, 0) is 30.2 Å². The van der Waals surface area contributed by atoms with Gasteiger partial charge in [0.15, 0.2) is 5.96 Å². The molecule has 1 saturated heterocycles. The van der Waals surface area contributed by atoms with Gasteiger partial charge in [-0.3, -0.25) is 4.99 Å². The first kappa shape index (κ1) is 24.4. The summed E-state index contributed by atoms with van der Waals surface area (Å²) in [5.41, 5.74) is 1.11. The molecule has 0 atom stereocenters. The fraction of sp³-hybridized carbons (Fsp3) is 0.550. The van der Waals surface area contributed by atoms with E-state index in [-0.39, 0.29) is 24.0 Å². The molecule has 1 aliphatic heterocycles. The van der Waals surface area contributed by atoms with Crippen LogP contribution in [-0.4, -0.2) is 74.2 Å². The summed E-state index contributed by atoms with van der Waals surface area (Å²) < 4.78 is 15.2. The zero-order valence-corrected chi connectivity index (χ0v) is 21.2. The molecule has 0 unspecified atom stereocenters. The zero-order chi connectivity index (χ0) is 20.6. The summed E-state index contributed by atoms with van der Waals surface area (Å²) in [6.45, 7) is 6.51. The molecule has 1 N–H and O–H groups in total. The molecule has 166 valence electrons. The lowest BCUT2D eigenvalue weighted by molar-refractivity contribution is 0.372. The Bertz CT molecular complexity index is 823. The fourth-order valence-electron chi connectivity index (χ4n) is 3.34. The van der Waals surface area contributed by atoms with E-state index in [1.54, 1.807) is 14.2 Å². The smallest absolute Gasteiger partial charge is 0.205 e. The monoisotopic (exact) mass is 546 g/mol. The summed E-state index contributed by atoms with van der Waals surface area (Å²) in [6.07, 6.45) is 1.70. The Morgan fingerprint density at radius 2 is 1.97 bits per heavy atom. The molecule has 2 heterocycles. The van der Waals surface area contributed by atoms with E-state index in [1.165, 1.54) is 11.5 Å². The van der Waals surface area contributed by atoms with Crippen molar-refractivity contribution in [1.29, 1.82) is 0 Å². The van der Waals surface area contributed by atoms with Crippen molar-refractivity contribution in [2.45, 2.75) is 19.8 Å². The minimum absolute atomic E-state index is 0. The van der Waals surface area contributed by atoms with Gasteiger partial charge in [-0.1, -0.05) is 6.92 Å². The van der Waals surface area contributed by atoms with E-state index < -0.39 is 0 Å². The average molecular weight is 546 g/mol. The van der Waals surface area contributed by atoms with Crippen LogP contribution in [0, 0.1) is 0 Å². The van der Waals surface area contributed by atoms with E-state index in [0.29, 0.717) is 0 Å². The number of nitrogens with one attached hydrogen (secondary N) is 1. The molecule has 8 nitrogen and oxygen atoms in total. The molecule has 1 fully saturated rings. The summed E-state index contributed by atoms with van der Waals surface area (Å²) >= 11 is 1.49. The second-order valence-electron chi connectivity index (χ2n) is 6.72. The van der Waals surface area contributed by atoms with Crippen molar-refractivity contribution >= 4 is 46.6 Å². The number of aromatic nitrogens is 2. The minimum atomic E-state index is 0. The summed E-state index contributed by atoms with van der Waals surface area (Å²) in [4.78, 5) is 13.7. The third-order valence-corrected chi connectivity index (χ3v) is 5.81. The van der Waals surface area contributed by atoms with E-state index in [0.717, 1.165) is 79.5 Å². The number of hydrogen-bond acceptors (Lipinski definition) is 7. The van der Waals surface area contributed by atoms with Gasteiger partial charge in [0.1, 0.15) is 17.3 Å². The van der Waals surface area contributed by atoms with Crippen molar-refractivity contribution in [3.63, 3.8) is 0 Å². The van der Waals surface area contributed by atoms with Crippen LogP contribution in [0.2, 0.25) is 0 Å². The van der Waals surface area contributed by atoms with Crippen molar-refractivity contribution in [1.82, 2.24) is 19.6 Å². The summed E-state index contributed by atoms with van der Waals surface area (Å²) in [6, 6.07) is 5.88. The number of anilines is 1. The number of halogens is 1. The number of hydrogen-bond donors (Lipinski definition) is 1. The van der Waals surface area contributed by atoms with Crippen molar-refractivity contribution in [2.75, 3.05) is 58.9 Å². The molecule has 10 heteroatoms. The highest BCUT2D eigenvalue weighted by atomic mass is 127. The van der Waals surface area contributed by atoms with Crippen molar-refractivity contribution in [3.8, 4) is 11.5 Å². The molecule has 0 bridgehead atoms. The Morgan fingerprint density at radius 3 is 2.57 bits per heavy atom. The van der Waals surface area contributed by atoms with Crippen LogP contribution in [0.5, 0.6) is 11.5 Å². The molecular formula is C20H31IN6O2S. The molecule has 0 radical (unpaired) electrons. The van der Waals surface area contributed by atoms with E-state index in [9.17, 15) is 0 Å². The van der Waals surface area contributed by atoms with E-state index in [2.05, 4.69) is 36.4 Å². The lowest BCUT2D eigenvalue weighted by Gasteiger charge is -2.36.